The van der Waals surface area contributed by atoms with E-state index in [1.165, 1.54) is 5.56 Å². The molecule has 3 nitrogen and oxygen atoms in total. The molecule has 2 rings (SSSR count). The van der Waals surface area contributed by atoms with Crippen molar-refractivity contribution in [2.24, 2.45) is 0 Å². The first kappa shape index (κ1) is 11.6. The van der Waals surface area contributed by atoms with E-state index in [1.807, 2.05) is 19.4 Å². The second-order valence-corrected chi connectivity index (χ2v) is 4.32. The molecular weight excluding hydrogens is 210 g/mol. The van der Waals surface area contributed by atoms with Gasteiger partial charge in [-0.3, -0.25) is 0 Å². The van der Waals surface area contributed by atoms with Crippen LogP contribution in [0.2, 0.25) is 0 Å². The minimum Gasteiger partial charge on any atom is -0.357 e. The Balaban J connectivity index is 2.26. The molecule has 0 fully saturated rings. The lowest BCUT2D eigenvalue weighted by molar-refractivity contribution is 0.867. The fraction of sp³-hybridized carbons (Fsp3) is 0.286. The van der Waals surface area contributed by atoms with E-state index in [0.29, 0.717) is 11.9 Å². The van der Waals surface area contributed by atoms with E-state index in [1.54, 1.807) is 0 Å². The molecular formula is C14H17N3. The van der Waals surface area contributed by atoms with Crippen LogP contribution < -0.4 is 5.32 Å². The van der Waals surface area contributed by atoms with E-state index in [4.69, 9.17) is 0 Å². The molecule has 0 amide bonds. The maximum atomic E-state index is 4.21. The van der Waals surface area contributed by atoms with E-state index in [2.05, 4.69) is 53.4 Å². The van der Waals surface area contributed by atoms with Crippen LogP contribution in [0.25, 0.3) is 11.1 Å². The van der Waals surface area contributed by atoms with Crippen LogP contribution in [0.5, 0.6) is 0 Å². The van der Waals surface area contributed by atoms with E-state index in [-0.39, 0.29) is 0 Å². The van der Waals surface area contributed by atoms with Gasteiger partial charge in [-0.15, -0.1) is 0 Å². The summed E-state index contributed by atoms with van der Waals surface area (Å²) in [5.41, 5.74) is 3.54. The lowest BCUT2D eigenvalue weighted by atomic mass is 10.00. The van der Waals surface area contributed by atoms with E-state index < -0.39 is 0 Å². The van der Waals surface area contributed by atoms with Crippen molar-refractivity contribution in [1.82, 2.24) is 9.97 Å². The fourth-order valence-corrected chi connectivity index (χ4v) is 1.67. The summed E-state index contributed by atoms with van der Waals surface area (Å²) in [6, 6.07) is 8.55. The number of anilines is 1. The van der Waals surface area contributed by atoms with Gasteiger partial charge in [-0.2, -0.15) is 0 Å². The van der Waals surface area contributed by atoms with Gasteiger partial charge in [0.15, 0.2) is 0 Å². The molecule has 0 saturated carbocycles. The molecule has 0 aliphatic rings. The van der Waals surface area contributed by atoms with Gasteiger partial charge in [-0.05, 0) is 17.0 Å². The molecule has 0 radical (unpaired) electrons. The Labute approximate surface area is 102 Å². The van der Waals surface area contributed by atoms with Crippen molar-refractivity contribution in [3.8, 4) is 11.1 Å². The fourth-order valence-electron chi connectivity index (χ4n) is 1.67. The van der Waals surface area contributed by atoms with E-state index in [0.717, 1.165) is 11.1 Å². The average Bonchev–Trinajstić information content (AvgIpc) is 2.39. The standard InChI is InChI=1S/C14H17N3/c1-10(2)11-4-6-12(7-5-11)13-8-16-14(15-3)17-9-13/h4-10H,1-3H3,(H,15,16,17). The molecule has 17 heavy (non-hydrogen) atoms. The molecule has 0 spiro atoms. The molecule has 0 saturated heterocycles. The van der Waals surface area contributed by atoms with Gasteiger partial charge in [0.25, 0.3) is 0 Å². The Morgan fingerprint density at radius 3 is 2.00 bits per heavy atom. The molecule has 88 valence electrons. The van der Waals surface area contributed by atoms with Gasteiger partial charge in [0.05, 0.1) is 0 Å². The molecule has 0 atom stereocenters. The number of nitrogens with one attached hydrogen (secondary N) is 1. The van der Waals surface area contributed by atoms with Crippen LogP contribution in [0.1, 0.15) is 25.3 Å². The molecule has 1 aromatic carbocycles. The number of benzene rings is 1. The summed E-state index contributed by atoms with van der Waals surface area (Å²) in [5, 5.41) is 2.91. The zero-order chi connectivity index (χ0) is 12.3. The first-order chi connectivity index (χ1) is 8.20. The minimum atomic E-state index is 0.562. The van der Waals surface area contributed by atoms with Crippen molar-refractivity contribution in [1.29, 1.82) is 0 Å². The van der Waals surface area contributed by atoms with Crippen molar-refractivity contribution >= 4 is 5.95 Å². The van der Waals surface area contributed by atoms with Gasteiger partial charge >= 0.3 is 0 Å². The normalized spacial score (nSPS) is 10.6. The predicted molar refractivity (Wildman–Crippen MR) is 71.1 cm³/mol. The van der Waals surface area contributed by atoms with Gasteiger partial charge in [-0.25, -0.2) is 9.97 Å². The highest BCUT2D eigenvalue weighted by atomic mass is 15.1. The van der Waals surface area contributed by atoms with Crippen molar-refractivity contribution in [2.45, 2.75) is 19.8 Å². The van der Waals surface area contributed by atoms with Gasteiger partial charge in [0, 0.05) is 25.0 Å². The molecule has 1 aromatic heterocycles. The Morgan fingerprint density at radius 1 is 0.941 bits per heavy atom. The SMILES string of the molecule is CNc1ncc(-c2ccc(C(C)C)cc2)cn1. The first-order valence-electron chi connectivity index (χ1n) is 5.81. The highest BCUT2D eigenvalue weighted by Crippen LogP contribution is 2.21. The molecule has 3 heteroatoms. The van der Waals surface area contributed by atoms with Crippen LogP contribution in [-0.4, -0.2) is 17.0 Å². The van der Waals surface area contributed by atoms with Gasteiger partial charge in [-0.1, -0.05) is 38.1 Å². The third-order valence-corrected chi connectivity index (χ3v) is 2.79. The number of aromatic nitrogens is 2. The van der Waals surface area contributed by atoms with Crippen LogP contribution in [0.15, 0.2) is 36.7 Å². The van der Waals surface area contributed by atoms with Crippen LogP contribution in [0, 0.1) is 0 Å². The summed E-state index contributed by atoms with van der Waals surface area (Å²) in [7, 11) is 1.81. The zero-order valence-electron chi connectivity index (χ0n) is 10.4. The summed E-state index contributed by atoms with van der Waals surface area (Å²) in [6.07, 6.45) is 3.67. The Bertz CT molecular complexity index is 472. The highest BCUT2D eigenvalue weighted by molar-refractivity contribution is 5.62. The topological polar surface area (TPSA) is 37.8 Å². The maximum Gasteiger partial charge on any atom is 0.222 e. The van der Waals surface area contributed by atoms with Crippen molar-refractivity contribution in [3.05, 3.63) is 42.2 Å². The Morgan fingerprint density at radius 2 is 1.53 bits per heavy atom. The largest absolute Gasteiger partial charge is 0.357 e. The minimum absolute atomic E-state index is 0.562. The first-order valence-corrected chi connectivity index (χ1v) is 5.81. The molecule has 0 unspecified atom stereocenters. The van der Waals surface area contributed by atoms with Crippen LogP contribution in [-0.2, 0) is 0 Å². The van der Waals surface area contributed by atoms with Crippen molar-refractivity contribution < 1.29 is 0 Å². The maximum absolute atomic E-state index is 4.21. The smallest absolute Gasteiger partial charge is 0.222 e. The number of rotatable bonds is 3. The lowest BCUT2D eigenvalue weighted by Crippen LogP contribution is -1.95. The third-order valence-electron chi connectivity index (χ3n) is 2.79. The van der Waals surface area contributed by atoms with Gasteiger partial charge in [0.2, 0.25) is 5.95 Å². The summed E-state index contributed by atoms with van der Waals surface area (Å²) in [4.78, 5) is 8.42. The van der Waals surface area contributed by atoms with Crippen LogP contribution in [0.4, 0.5) is 5.95 Å². The Hall–Kier alpha value is -1.90. The number of hydrogen-bond donors (Lipinski definition) is 1. The van der Waals surface area contributed by atoms with E-state index >= 15 is 0 Å². The van der Waals surface area contributed by atoms with Crippen molar-refractivity contribution in [3.63, 3.8) is 0 Å². The van der Waals surface area contributed by atoms with Gasteiger partial charge < -0.3 is 5.32 Å². The predicted octanol–water partition coefficient (Wildman–Crippen LogP) is 3.31. The number of hydrogen-bond acceptors (Lipinski definition) is 3. The summed E-state index contributed by atoms with van der Waals surface area (Å²) in [5.74, 6) is 1.21. The molecule has 0 bridgehead atoms. The third kappa shape index (κ3) is 2.61. The average molecular weight is 227 g/mol. The lowest BCUT2D eigenvalue weighted by Gasteiger charge is -2.07. The zero-order valence-corrected chi connectivity index (χ0v) is 10.4. The quantitative estimate of drug-likeness (QED) is 0.874. The molecule has 1 heterocycles. The summed E-state index contributed by atoms with van der Waals surface area (Å²) in [6.45, 7) is 4.39. The monoisotopic (exact) mass is 227 g/mol. The van der Waals surface area contributed by atoms with Gasteiger partial charge in [0.1, 0.15) is 0 Å². The van der Waals surface area contributed by atoms with Crippen LogP contribution >= 0.6 is 0 Å². The highest BCUT2D eigenvalue weighted by Gasteiger charge is 2.02. The molecule has 1 N–H and O–H groups in total. The molecule has 2 aromatic rings. The molecule has 0 aliphatic carbocycles. The summed E-state index contributed by atoms with van der Waals surface area (Å²) < 4.78 is 0. The van der Waals surface area contributed by atoms with E-state index in [9.17, 15) is 0 Å². The van der Waals surface area contributed by atoms with Crippen molar-refractivity contribution in [2.75, 3.05) is 12.4 Å². The van der Waals surface area contributed by atoms with Crippen LogP contribution in [0.3, 0.4) is 0 Å². The molecule has 0 aliphatic heterocycles. The summed E-state index contributed by atoms with van der Waals surface area (Å²) >= 11 is 0. The number of nitrogens with zero attached hydrogens (tertiary/aromatic N) is 2. The Kier molecular flexibility index (Phi) is 3.38. The second kappa shape index (κ2) is 4.95. The second-order valence-electron chi connectivity index (χ2n) is 4.32.